The van der Waals surface area contributed by atoms with Crippen molar-refractivity contribution in [2.45, 2.75) is 46.2 Å². The van der Waals surface area contributed by atoms with Crippen LogP contribution in [0.1, 0.15) is 39.2 Å². The third-order valence-corrected chi connectivity index (χ3v) is 4.70. The van der Waals surface area contributed by atoms with Crippen LogP contribution in [-0.2, 0) is 16.1 Å². The lowest BCUT2D eigenvalue weighted by Crippen LogP contribution is -2.48. The molecule has 0 aromatic heterocycles. The van der Waals surface area contributed by atoms with E-state index in [9.17, 15) is 14.0 Å². The van der Waals surface area contributed by atoms with E-state index in [1.165, 1.54) is 11.0 Å². The van der Waals surface area contributed by atoms with Gasteiger partial charge in [0.15, 0.2) is 0 Å². The minimum absolute atomic E-state index is 0.0430. The summed E-state index contributed by atoms with van der Waals surface area (Å²) in [4.78, 5) is 26.9. The largest absolute Gasteiger partial charge is 0.494 e. The average molecular weight is 415 g/mol. The lowest BCUT2D eigenvalue weighted by Gasteiger charge is -2.29. The summed E-state index contributed by atoms with van der Waals surface area (Å²) in [7, 11) is 0. The first-order valence-corrected chi connectivity index (χ1v) is 10.4. The summed E-state index contributed by atoms with van der Waals surface area (Å²) in [5.74, 6) is 0.204. The Kier molecular flexibility index (Phi) is 9.32. The van der Waals surface area contributed by atoms with Crippen molar-refractivity contribution in [2.24, 2.45) is 5.92 Å². The van der Waals surface area contributed by atoms with Crippen molar-refractivity contribution in [3.8, 4) is 5.75 Å². The van der Waals surface area contributed by atoms with E-state index < -0.39 is 11.9 Å². The molecule has 2 aromatic rings. The van der Waals surface area contributed by atoms with Gasteiger partial charge in [-0.05, 0) is 37.5 Å². The van der Waals surface area contributed by atoms with Crippen LogP contribution >= 0.6 is 0 Å². The van der Waals surface area contributed by atoms with Crippen LogP contribution in [-0.4, -0.2) is 35.9 Å². The van der Waals surface area contributed by atoms with Crippen LogP contribution < -0.4 is 10.1 Å². The third-order valence-electron chi connectivity index (χ3n) is 4.70. The van der Waals surface area contributed by atoms with Gasteiger partial charge in [0, 0.05) is 25.1 Å². The fourth-order valence-corrected chi connectivity index (χ4v) is 2.92. The number of rotatable bonds is 11. The van der Waals surface area contributed by atoms with Gasteiger partial charge in [0.2, 0.25) is 11.8 Å². The highest BCUT2D eigenvalue weighted by atomic mass is 19.1. The van der Waals surface area contributed by atoms with Gasteiger partial charge in [0.1, 0.15) is 17.6 Å². The molecule has 0 heterocycles. The molecule has 5 nitrogen and oxygen atoms in total. The van der Waals surface area contributed by atoms with E-state index in [0.717, 1.165) is 5.75 Å². The minimum atomic E-state index is -0.703. The summed E-state index contributed by atoms with van der Waals surface area (Å²) in [5, 5.41) is 2.86. The molecule has 2 rings (SSSR count). The molecule has 2 amide bonds. The number of ether oxygens (including phenoxy) is 1. The van der Waals surface area contributed by atoms with Crippen LogP contribution in [0.15, 0.2) is 54.6 Å². The maximum absolute atomic E-state index is 14.2. The Balaban J connectivity index is 2.00. The van der Waals surface area contributed by atoms with Gasteiger partial charge in [0.05, 0.1) is 6.61 Å². The predicted molar refractivity (Wildman–Crippen MR) is 115 cm³/mol. The maximum Gasteiger partial charge on any atom is 0.242 e. The quantitative estimate of drug-likeness (QED) is 0.562. The van der Waals surface area contributed by atoms with Gasteiger partial charge in [-0.3, -0.25) is 9.59 Å². The number of nitrogens with zero attached hydrogens (tertiary/aromatic N) is 1. The highest BCUT2D eigenvalue weighted by molar-refractivity contribution is 5.87. The van der Waals surface area contributed by atoms with E-state index in [0.29, 0.717) is 31.1 Å². The molecule has 0 aliphatic heterocycles. The molecule has 0 aliphatic rings. The van der Waals surface area contributed by atoms with E-state index in [-0.39, 0.29) is 24.8 Å². The number of para-hydroxylation sites is 1. The topological polar surface area (TPSA) is 58.6 Å². The molecule has 162 valence electrons. The molecule has 0 aliphatic carbocycles. The number of amides is 2. The maximum atomic E-state index is 14.2. The van der Waals surface area contributed by atoms with E-state index >= 15 is 0 Å². The molecule has 0 spiro atoms. The first-order chi connectivity index (χ1) is 14.4. The molecule has 1 atom stereocenters. The van der Waals surface area contributed by atoms with Crippen molar-refractivity contribution < 1.29 is 18.7 Å². The van der Waals surface area contributed by atoms with Crippen LogP contribution in [0.5, 0.6) is 5.75 Å². The van der Waals surface area contributed by atoms with Crippen molar-refractivity contribution in [1.29, 1.82) is 0 Å². The Morgan fingerprint density at radius 1 is 1.03 bits per heavy atom. The van der Waals surface area contributed by atoms with Crippen molar-refractivity contribution in [1.82, 2.24) is 10.2 Å². The Bertz CT molecular complexity index is 811. The second-order valence-electron chi connectivity index (χ2n) is 7.69. The number of halogens is 1. The van der Waals surface area contributed by atoms with Crippen LogP contribution in [0.4, 0.5) is 4.39 Å². The van der Waals surface area contributed by atoms with Gasteiger partial charge < -0.3 is 15.0 Å². The van der Waals surface area contributed by atoms with E-state index in [4.69, 9.17) is 4.74 Å². The van der Waals surface area contributed by atoms with Crippen molar-refractivity contribution in [2.75, 3.05) is 13.2 Å². The first kappa shape index (κ1) is 23.4. The Morgan fingerprint density at radius 3 is 2.37 bits per heavy atom. The zero-order valence-corrected chi connectivity index (χ0v) is 17.9. The number of hydrogen-bond acceptors (Lipinski definition) is 3. The molecular weight excluding hydrogens is 383 g/mol. The summed E-state index contributed by atoms with van der Waals surface area (Å²) in [5.41, 5.74) is 0.384. The molecule has 6 heteroatoms. The zero-order chi connectivity index (χ0) is 21.9. The summed E-state index contributed by atoms with van der Waals surface area (Å²) < 4.78 is 19.8. The summed E-state index contributed by atoms with van der Waals surface area (Å²) >= 11 is 0. The van der Waals surface area contributed by atoms with Crippen LogP contribution in [0.3, 0.4) is 0 Å². The number of nitrogens with one attached hydrogen (secondary N) is 1. The van der Waals surface area contributed by atoms with Crippen LogP contribution in [0.25, 0.3) is 0 Å². The fourth-order valence-electron chi connectivity index (χ4n) is 2.92. The molecular formula is C24H31FN2O3. The molecule has 0 saturated heterocycles. The molecule has 0 radical (unpaired) electrons. The Hall–Kier alpha value is -2.89. The second kappa shape index (κ2) is 12.0. The molecule has 0 bridgehead atoms. The van der Waals surface area contributed by atoms with Crippen LogP contribution in [0.2, 0.25) is 0 Å². The minimum Gasteiger partial charge on any atom is -0.494 e. The van der Waals surface area contributed by atoms with Gasteiger partial charge in [0.25, 0.3) is 0 Å². The van der Waals surface area contributed by atoms with E-state index in [1.54, 1.807) is 25.1 Å². The predicted octanol–water partition coefficient (Wildman–Crippen LogP) is 4.17. The highest BCUT2D eigenvalue weighted by Gasteiger charge is 2.26. The molecule has 2 aromatic carbocycles. The number of carbonyl (C=O) groups is 2. The standard InChI is InChI=1S/C24H31FN2O3/c1-18(2)16-26-24(29)19(3)27(17-20-10-7-8-13-22(20)25)23(28)14-9-15-30-21-11-5-4-6-12-21/h4-8,10-13,18-19H,9,14-17H2,1-3H3,(H,26,29)/t19-/m0/s1. The molecule has 0 fully saturated rings. The van der Waals surface area contributed by atoms with Gasteiger partial charge in [-0.25, -0.2) is 4.39 Å². The smallest absolute Gasteiger partial charge is 0.242 e. The Labute approximate surface area is 178 Å². The summed E-state index contributed by atoms with van der Waals surface area (Å²) in [6.45, 7) is 6.63. The van der Waals surface area contributed by atoms with Gasteiger partial charge in [-0.1, -0.05) is 50.2 Å². The molecule has 1 N–H and O–H groups in total. The monoisotopic (exact) mass is 414 g/mol. The average Bonchev–Trinajstić information content (AvgIpc) is 2.74. The lowest BCUT2D eigenvalue weighted by molar-refractivity contribution is -0.140. The van der Waals surface area contributed by atoms with Gasteiger partial charge in [-0.15, -0.1) is 0 Å². The second-order valence-corrected chi connectivity index (χ2v) is 7.69. The summed E-state index contributed by atoms with van der Waals surface area (Å²) in [6.07, 6.45) is 0.713. The fraction of sp³-hybridized carbons (Fsp3) is 0.417. The zero-order valence-electron chi connectivity index (χ0n) is 17.9. The summed E-state index contributed by atoms with van der Waals surface area (Å²) in [6, 6.07) is 15.0. The number of benzene rings is 2. The molecule has 0 unspecified atom stereocenters. The SMILES string of the molecule is CC(C)CNC(=O)[C@H](C)N(Cc1ccccc1F)C(=O)CCCOc1ccccc1. The van der Waals surface area contributed by atoms with Gasteiger partial charge >= 0.3 is 0 Å². The molecule has 30 heavy (non-hydrogen) atoms. The Morgan fingerprint density at radius 2 is 1.70 bits per heavy atom. The van der Waals surface area contributed by atoms with Crippen LogP contribution in [0, 0.1) is 11.7 Å². The van der Waals surface area contributed by atoms with E-state index in [1.807, 2.05) is 44.2 Å². The number of carbonyl (C=O) groups excluding carboxylic acids is 2. The lowest BCUT2D eigenvalue weighted by atomic mass is 10.1. The first-order valence-electron chi connectivity index (χ1n) is 10.4. The van der Waals surface area contributed by atoms with Crippen molar-refractivity contribution in [3.05, 3.63) is 66.0 Å². The van der Waals surface area contributed by atoms with Gasteiger partial charge in [-0.2, -0.15) is 0 Å². The molecule has 0 saturated carbocycles. The number of hydrogen-bond donors (Lipinski definition) is 1. The van der Waals surface area contributed by atoms with E-state index in [2.05, 4.69) is 5.32 Å². The highest BCUT2D eigenvalue weighted by Crippen LogP contribution is 2.15. The third kappa shape index (κ3) is 7.50. The van der Waals surface area contributed by atoms with Crippen molar-refractivity contribution in [3.63, 3.8) is 0 Å². The normalized spacial score (nSPS) is 11.8. The van der Waals surface area contributed by atoms with Crippen molar-refractivity contribution >= 4 is 11.8 Å².